The van der Waals surface area contributed by atoms with Crippen molar-refractivity contribution in [3.05, 3.63) is 71.3 Å². The average molecular weight is 417 g/mol. The smallest absolute Gasteiger partial charge is 0.369 e. The number of carbonyl (C=O) groups excluding carboxylic acids is 1. The molecule has 0 unspecified atom stereocenters. The zero-order valence-electron chi connectivity index (χ0n) is 17.0. The van der Waals surface area contributed by atoms with E-state index in [1.807, 2.05) is 0 Å². The minimum Gasteiger partial charge on any atom is -0.369 e. The average Bonchev–Trinajstić information content (AvgIpc) is 2.72. The number of nitrogens with one attached hydrogen (secondary N) is 1. The van der Waals surface area contributed by atoms with Crippen molar-refractivity contribution in [3.63, 3.8) is 0 Å². The predicted molar refractivity (Wildman–Crippen MR) is 113 cm³/mol. The number of rotatable bonds is 6. The number of hydrogen-bond donors (Lipinski definition) is 1. The molecule has 0 atom stereocenters. The number of aryl methyl sites for hydroxylation is 1. The molecule has 1 aliphatic heterocycles. The van der Waals surface area contributed by atoms with Crippen molar-refractivity contribution in [2.75, 3.05) is 44.2 Å². The maximum Gasteiger partial charge on any atom is 0.416 e. The summed E-state index contributed by atoms with van der Waals surface area (Å²) in [6, 6.07) is 13.2. The molecule has 0 radical (unpaired) electrons. The summed E-state index contributed by atoms with van der Waals surface area (Å²) in [5, 5.41) is 2.83. The SMILES string of the molecule is Cc1cccc(N2CCN(CCNC(=O)/C=C/c3ccc(C(F)(F)F)cc3)CC2)c1. The van der Waals surface area contributed by atoms with Gasteiger partial charge in [0.2, 0.25) is 5.91 Å². The van der Waals surface area contributed by atoms with Gasteiger partial charge in [-0.1, -0.05) is 24.3 Å². The number of nitrogens with zero attached hydrogens (tertiary/aromatic N) is 2. The third-order valence-corrected chi connectivity index (χ3v) is 5.13. The van der Waals surface area contributed by atoms with Gasteiger partial charge < -0.3 is 10.2 Å². The fourth-order valence-electron chi connectivity index (χ4n) is 3.41. The van der Waals surface area contributed by atoms with Gasteiger partial charge in [0.05, 0.1) is 5.56 Å². The first-order valence-electron chi connectivity index (χ1n) is 9.98. The van der Waals surface area contributed by atoms with E-state index in [0.29, 0.717) is 12.1 Å². The maximum atomic E-state index is 12.6. The van der Waals surface area contributed by atoms with Crippen molar-refractivity contribution in [2.45, 2.75) is 13.1 Å². The Kier molecular flexibility index (Phi) is 7.15. The van der Waals surface area contributed by atoms with Gasteiger partial charge in [-0.2, -0.15) is 13.2 Å². The largest absolute Gasteiger partial charge is 0.416 e. The quantitative estimate of drug-likeness (QED) is 0.723. The highest BCUT2D eigenvalue weighted by Gasteiger charge is 2.29. The lowest BCUT2D eigenvalue weighted by Gasteiger charge is -2.36. The molecule has 0 saturated carbocycles. The second kappa shape index (κ2) is 9.80. The molecule has 2 aromatic carbocycles. The van der Waals surface area contributed by atoms with E-state index in [9.17, 15) is 18.0 Å². The molecular weight excluding hydrogens is 391 g/mol. The highest BCUT2D eigenvalue weighted by atomic mass is 19.4. The fraction of sp³-hybridized carbons (Fsp3) is 0.348. The van der Waals surface area contributed by atoms with E-state index in [4.69, 9.17) is 0 Å². The van der Waals surface area contributed by atoms with Crippen LogP contribution in [0.5, 0.6) is 0 Å². The van der Waals surface area contributed by atoms with Crippen LogP contribution in [0.2, 0.25) is 0 Å². The summed E-state index contributed by atoms with van der Waals surface area (Å²) in [5.74, 6) is -0.256. The van der Waals surface area contributed by atoms with Gasteiger partial charge in [0.15, 0.2) is 0 Å². The van der Waals surface area contributed by atoms with Gasteiger partial charge in [0.1, 0.15) is 0 Å². The third kappa shape index (κ3) is 6.35. The minimum absolute atomic E-state index is 0.256. The van der Waals surface area contributed by atoms with Gasteiger partial charge in [0.25, 0.3) is 0 Å². The highest BCUT2D eigenvalue weighted by Crippen LogP contribution is 2.29. The highest BCUT2D eigenvalue weighted by molar-refractivity contribution is 5.91. The third-order valence-electron chi connectivity index (χ3n) is 5.13. The molecule has 0 bridgehead atoms. The fourth-order valence-corrected chi connectivity index (χ4v) is 3.41. The molecule has 0 aromatic heterocycles. The topological polar surface area (TPSA) is 35.6 Å². The molecular formula is C23H26F3N3O. The van der Waals surface area contributed by atoms with Crippen LogP contribution in [0.3, 0.4) is 0 Å². The minimum atomic E-state index is -4.36. The van der Waals surface area contributed by atoms with Crippen molar-refractivity contribution in [2.24, 2.45) is 0 Å². The van der Waals surface area contributed by atoms with Gasteiger partial charge in [-0.05, 0) is 48.4 Å². The second-order valence-electron chi connectivity index (χ2n) is 7.41. The summed E-state index contributed by atoms with van der Waals surface area (Å²) >= 11 is 0. The number of piperazine rings is 1. The first kappa shape index (κ1) is 21.9. The first-order chi connectivity index (χ1) is 14.3. The van der Waals surface area contributed by atoms with Gasteiger partial charge in [-0.25, -0.2) is 0 Å². The second-order valence-corrected chi connectivity index (χ2v) is 7.41. The lowest BCUT2D eigenvalue weighted by atomic mass is 10.1. The molecule has 1 amide bonds. The monoisotopic (exact) mass is 417 g/mol. The summed E-state index contributed by atoms with van der Waals surface area (Å²) < 4.78 is 37.7. The van der Waals surface area contributed by atoms with Crippen molar-refractivity contribution >= 4 is 17.7 Å². The Hall–Kier alpha value is -2.80. The molecule has 30 heavy (non-hydrogen) atoms. The van der Waals surface area contributed by atoms with E-state index < -0.39 is 11.7 Å². The molecule has 1 aliphatic rings. The Labute approximate surface area is 175 Å². The van der Waals surface area contributed by atoms with Gasteiger partial charge >= 0.3 is 6.18 Å². The molecule has 0 spiro atoms. The summed E-state index contributed by atoms with van der Waals surface area (Å²) in [6.07, 6.45) is -1.50. The molecule has 160 valence electrons. The van der Waals surface area contributed by atoms with Gasteiger partial charge in [0, 0.05) is 51.0 Å². The normalized spacial score (nSPS) is 15.5. The molecule has 2 aromatic rings. The molecule has 1 saturated heterocycles. The Bertz CT molecular complexity index is 870. The number of carbonyl (C=O) groups is 1. The molecule has 4 nitrogen and oxygen atoms in total. The van der Waals surface area contributed by atoms with E-state index in [0.717, 1.165) is 44.9 Å². The molecule has 3 rings (SSSR count). The van der Waals surface area contributed by atoms with Crippen LogP contribution in [0.15, 0.2) is 54.6 Å². The zero-order valence-corrected chi connectivity index (χ0v) is 17.0. The number of halogens is 3. The van der Waals surface area contributed by atoms with Crippen LogP contribution in [-0.2, 0) is 11.0 Å². The number of alkyl halides is 3. The van der Waals surface area contributed by atoms with Crippen molar-refractivity contribution < 1.29 is 18.0 Å². The van der Waals surface area contributed by atoms with Crippen LogP contribution in [0.25, 0.3) is 6.08 Å². The van der Waals surface area contributed by atoms with Gasteiger partial charge in [-0.15, -0.1) is 0 Å². The van der Waals surface area contributed by atoms with Crippen LogP contribution in [-0.4, -0.2) is 50.1 Å². The van der Waals surface area contributed by atoms with Crippen molar-refractivity contribution in [1.82, 2.24) is 10.2 Å². The Morgan fingerprint density at radius 2 is 1.77 bits per heavy atom. The molecule has 1 fully saturated rings. The molecule has 7 heteroatoms. The van der Waals surface area contributed by atoms with Crippen LogP contribution < -0.4 is 10.2 Å². The van der Waals surface area contributed by atoms with Crippen LogP contribution in [0.1, 0.15) is 16.7 Å². The van der Waals surface area contributed by atoms with Crippen molar-refractivity contribution in [1.29, 1.82) is 0 Å². The number of benzene rings is 2. The van der Waals surface area contributed by atoms with E-state index in [1.54, 1.807) is 0 Å². The Balaban J connectivity index is 1.37. The standard InChI is InChI=1S/C23H26F3N3O/c1-18-3-2-4-21(17-18)29-15-13-28(14-16-29)12-11-27-22(30)10-7-19-5-8-20(9-6-19)23(24,25)26/h2-10,17H,11-16H2,1H3,(H,27,30)/b10-7+. The lowest BCUT2D eigenvalue weighted by Crippen LogP contribution is -2.48. The van der Waals surface area contributed by atoms with E-state index in [2.05, 4.69) is 46.3 Å². The predicted octanol–water partition coefficient (Wildman–Crippen LogP) is 3.97. The maximum absolute atomic E-state index is 12.6. The summed E-state index contributed by atoms with van der Waals surface area (Å²) in [5.41, 5.74) is 2.34. The molecule has 0 aliphatic carbocycles. The molecule has 1 heterocycles. The van der Waals surface area contributed by atoms with Crippen LogP contribution in [0.4, 0.5) is 18.9 Å². The van der Waals surface area contributed by atoms with E-state index in [1.165, 1.54) is 35.5 Å². The van der Waals surface area contributed by atoms with E-state index in [-0.39, 0.29) is 5.91 Å². The van der Waals surface area contributed by atoms with Gasteiger partial charge in [-0.3, -0.25) is 9.69 Å². The van der Waals surface area contributed by atoms with Crippen molar-refractivity contribution in [3.8, 4) is 0 Å². The number of anilines is 1. The number of hydrogen-bond acceptors (Lipinski definition) is 3. The molecule has 1 N–H and O–H groups in total. The Morgan fingerprint density at radius 3 is 2.40 bits per heavy atom. The first-order valence-corrected chi connectivity index (χ1v) is 9.98. The zero-order chi connectivity index (χ0) is 21.6. The Morgan fingerprint density at radius 1 is 1.07 bits per heavy atom. The summed E-state index contributed by atoms with van der Waals surface area (Å²) in [6.45, 7) is 7.16. The summed E-state index contributed by atoms with van der Waals surface area (Å²) in [7, 11) is 0. The lowest BCUT2D eigenvalue weighted by molar-refractivity contribution is -0.137. The van der Waals surface area contributed by atoms with Crippen LogP contribution >= 0.6 is 0 Å². The number of amides is 1. The van der Waals surface area contributed by atoms with Crippen LogP contribution in [0, 0.1) is 6.92 Å². The summed E-state index contributed by atoms with van der Waals surface area (Å²) in [4.78, 5) is 16.6. The van der Waals surface area contributed by atoms with E-state index >= 15 is 0 Å².